The highest BCUT2D eigenvalue weighted by molar-refractivity contribution is 7.15. The molecule has 0 fully saturated rings. The Bertz CT molecular complexity index is 959. The summed E-state index contributed by atoms with van der Waals surface area (Å²) in [4.78, 5) is 5.53. The standard InChI is InChI=1S/C17H11N3OS/c18-9-8-13-16(15-7-4-10-21-15)19-17-20(13)14(11-22-17)12-5-2-1-3-6-12/h1-7,10-11H,8H2. The zero-order chi connectivity index (χ0) is 14.9. The molecular formula is C17H11N3OS. The van der Waals surface area contributed by atoms with Crippen molar-refractivity contribution in [1.29, 1.82) is 5.26 Å². The van der Waals surface area contributed by atoms with Gasteiger partial charge in [0.15, 0.2) is 10.7 Å². The number of benzene rings is 1. The van der Waals surface area contributed by atoms with E-state index in [0.717, 1.165) is 27.6 Å². The van der Waals surface area contributed by atoms with Gasteiger partial charge in [0.25, 0.3) is 0 Å². The lowest BCUT2D eigenvalue weighted by Gasteiger charge is -2.03. The van der Waals surface area contributed by atoms with Crippen LogP contribution >= 0.6 is 11.3 Å². The van der Waals surface area contributed by atoms with Gasteiger partial charge in [-0.25, -0.2) is 4.98 Å². The molecule has 0 radical (unpaired) electrons. The molecule has 0 aliphatic rings. The number of hydrogen-bond acceptors (Lipinski definition) is 4. The highest BCUT2D eigenvalue weighted by atomic mass is 32.1. The second-order valence-corrected chi connectivity index (χ2v) is 5.66. The maximum atomic E-state index is 9.20. The summed E-state index contributed by atoms with van der Waals surface area (Å²) >= 11 is 1.57. The van der Waals surface area contributed by atoms with Gasteiger partial charge in [-0.1, -0.05) is 30.3 Å². The Balaban J connectivity index is 2.00. The maximum absolute atomic E-state index is 9.20. The number of imidazole rings is 1. The zero-order valence-corrected chi connectivity index (χ0v) is 12.4. The average Bonchev–Trinajstić information content (AvgIpc) is 3.25. The monoisotopic (exact) mass is 305 g/mol. The first-order valence-corrected chi connectivity index (χ1v) is 7.71. The van der Waals surface area contributed by atoms with Crippen molar-refractivity contribution in [1.82, 2.24) is 9.38 Å². The summed E-state index contributed by atoms with van der Waals surface area (Å²) in [6.07, 6.45) is 1.91. The summed E-state index contributed by atoms with van der Waals surface area (Å²) in [6, 6.07) is 16.1. The van der Waals surface area contributed by atoms with Crippen molar-refractivity contribution in [2.75, 3.05) is 0 Å². The Kier molecular flexibility index (Phi) is 3.02. The van der Waals surface area contributed by atoms with Crippen molar-refractivity contribution in [3.63, 3.8) is 0 Å². The lowest BCUT2D eigenvalue weighted by atomic mass is 10.1. The van der Waals surface area contributed by atoms with E-state index in [1.54, 1.807) is 17.6 Å². The fourth-order valence-electron chi connectivity index (χ4n) is 2.57. The average molecular weight is 305 g/mol. The molecule has 0 bridgehead atoms. The van der Waals surface area contributed by atoms with E-state index in [1.165, 1.54) is 0 Å². The van der Waals surface area contributed by atoms with Crippen LogP contribution in [0.1, 0.15) is 5.69 Å². The van der Waals surface area contributed by atoms with Gasteiger partial charge >= 0.3 is 0 Å². The minimum atomic E-state index is 0.285. The van der Waals surface area contributed by atoms with E-state index >= 15 is 0 Å². The van der Waals surface area contributed by atoms with Crippen LogP contribution in [0.2, 0.25) is 0 Å². The van der Waals surface area contributed by atoms with Gasteiger partial charge in [-0.15, -0.1) is 11.3 Å². The minimum Gasteiger partial charge on any atom is -0.463 e. The summed E-state index contributed by atoms with van der Waals surface area (Å²) in [5, 5.41) is 11.3. The topological polar surface area (TPSA) is 54.2 Å². The van der Waals surface area contributed by atoms with Crippen LogP contribution in [0.15, 0.2) is 58.5 Å². The number of nitrogens with zero attached hydrogens (tertiary/aromatic N) is 3. The molecule has 5 heteroatoms. The van der Waals surface area contributed by atoms with Gasteiger partial charge in [-0.2, -0.15) is 5.26 Å². The Hall–Kier alpha value is -2.84. The van der Waals surface area contributed by atoms with E-state index < -0.39 is 0 Å². The molecule has 1 aromatic carbocycles. The lowest BCUT2D eigenvalue weighted by molar-refractivity contribution is 0.580. The fraction of sp³-hybridized carbons (Fsp3) is 0.0588. The van der Waals surface area contributed by atoms with E-state index in [0.29, 0.717) is 5.76 Å². The molecule has 0 N–H and O–H groups in total. The van der Waals surface area contributed by atoms with Crippen LogP contribution < -0.4 is 0 Å². The summed E-state index contributed by atoms with van der Waals surface area (Å²) in [6.45, 7) is 0. The maximum Gasteiger partial charge on any atom is 0.195 e. The predicted octanol–water partition coefficient (Wildman–Crippen LogP) is 4.39. The van der Waals surface area contributed by atoms with Gasteiger partial charge in [0.1, 0.15) is 5.69 Å². The Morgan fingerprint density at radius 3 is 2.77 bits per heavy atom. The third kappa shape index (κ3) is 1.93. The van der Waals surface area contributed by atoms with Crippen molar-refractivity contribution < 1.29 is 4.42 Å². The molecule has 0 spiro atoms. The van der Waals surface area contributed by atoms with E-state index in [4.69, 9.17) is 4.42 Å². The van der Waals surface area contributed by atoms with Crippen LogP contribution in [0.4, 0.5) is 0 Å². The van der Waals surface area contributed by atoms with Crippen molar-refractivity contribution in [2.24, 2.45) is 0 Å². The van der Waals surface area contributed by atoms with Crippen molar-refractivity contribution in [2.45, 2.75) is 6.42 Å². The van der Waals surface area contributed by atoms with Crippen molar-refractivity contribution >= 4 is 16.3 Å². The zero-order valence-electron chi connectivity index (χ0n) is 11.6. The first-order chi connectivity index (χ1) is 10.9. The summed E-state index contributed by atoms with van der Waals surface area (Å²) in [5.74, 6) is 0.695. The van der Waals surface area contributed by atoms with Crippen molar-refractivity contribution in [3.05, 3.63) is 59.8 Å². The molecular weight excluding hydrogens is 294 g/mol. The van der Waals surface area contributed by atoms with E-state index in [9.17, 15) is 5.26 Å². The largest absolute Gasteiger partial charge is 0.463 e. The third-order valence-corrected chi connectivity index (χ3v) is 4.36. The quantitative estimate of drug-likeness (QED) is 0.564. The molecule has 0 aliphatic heterocycles. The Morgan fingerprint density at radius 2 is 2.05 bits per heavy atom. The number of furan rings is 1. The molecule has 4 aromatic rings. The number of hydrogen-bond donors (Lipinski definition) is 0. The second-order valence-electron chi connectivity index (χ2n) is 4.82. The van der Waals surface area contributed by atoms with Gasteiger partial charge in [-0.05, 0) is 17.7 Å². The SMILES string of the molecule is N#CCc1c(-c2ccco2)nc2scc(-c3ccccc3)n12. The van der Waals surface area contributed by atoms with Gasteiger partial charge < -0.3 is 4.42 Å². The molecule has 3 heterocycles. The Morgan fingerprint density at radius 1 is 1.18 bits per heavy atom. The number of aromatic nitrogens is 2. The van der Waals surface area contributed by atoms with Crippen LogP contribution in [0.3, 0.4) is 0 Å². The smallest absolute Gasteiger partial charge is 0.195 e. The number of nitriles is 1. The van der Waals surface area contributed by atoms with E-state index in [-0.39, 0.29) is 6.42 Å². The molecule has 3 aromatic heterocycles. The second kappa shape index (κ2) is 5.17. The molecule has 0 aliphatic carbocycles. The van der Waals surface area contributed by atoms with E-state index in [1.807, 2.05) is 30.3 Å². The number of rotatable bonds is 3. The van der Waals surface area contributed by atoms with Crippen molar-refractivity contribution in [3.8, 4) is 28.8 Å². The number of fused-ring (bicyclic) bond motifs is 1. The molecule has 4 nitrogen and oxygen atoms in total. The molecule has 4 rings (SSSR count). The highest BCUT2D eigenvalue weighted by Crippen LogP contribution is 2.33. The fourth-order valence-corrected chi connectivity index (χ4v) is 3.49. The minimum absolute atomic E-state index is 0.285. The van der Waals surface area contributed by atoms with Gasteiger partial charge in [0.2, 0.25) is 0 Å². The summed E-state index contributed by atoms with van der Waals surface area (Å²) in [7, 11) is 0. The van der Waals surface area contributed by atoms with Gasteiger partial charge in [0.05, 0.1) is 30.1 Å². The normalized spacial score (nSPS) is 10.9. The number of thiazole rings is 1. The van der Waals surface area contributed by atoms with Crippen LogP contribution in [-0.2, 0) is 6.42 Å². The van der Waals surface area contributed by atoms with Crippen LogP contribution in [0, 0.1) is 11.3 Å². The highest BCUT2D eigenvalue weighted by Gasteiger charge is 2.19. The lowest BCUT2D eigenvalue weighted by Crippen LogP contribution is -1.94. The summed E-state index contributed by atoms with van der Waals surface area (Å²) < 4.78 is 7.53. The molecule has 22 heavy (non-hydrogen) atoms. The summed E-state index contributed by atoms with van der Waals surface area (Å²) in [5.41, 5.74) is 3.77. The van der Waals surface area contributed by atoms with Crippen LogP contribution in [0.25, 0.3) is 27.7 Å². The predicted molar refractivity (Wildman–Crippen MR) is 85.5 cm³/mol. The van der Waals surface area contributed by atoms with Gasteiger partial charge in [-0.3, -0.25) is 4.40 Å². The molecule has 0 saturated carbocycles. The molecule has 0 atom stereocenters. The third-order valence-electron chi connectivity index (χ3n) is 3.53. The van der Waals surface area contributed by atoms with Gasteiger partial charge in [0, 0.05) is 5.38 Å². The molecule has 0 amide bonds. The molecule has 0 saturated heterocycles. The van der Waals surface area contributed by atoms with Crippen LogP contribution in [-0.4, -0.2) is 9.38 Å². The first-order valence-electron chi connectivity index (χ1n) is 6.83. The van der Waals surface area contributed by atoms with E-state index in [2.05, 4.69) is 33.0 Å². The Labute approximate surface area is 130 Å². The molecule has 0 unspecified atom stereocenters. The first kappa shape index (κ1) is 12.9. The molecule has 106 valence electrons. The van der Waals surface area contributed by atoms with Crippen LogP contribution in [0.5, 0.6) is 0 Å².